The van der Waals surface area contributed by atoms with Crippen molar-refractivity contribution in [2.24, 2.45) is 0 Å². The highest BCUT2D eigenvalue weighted by molar-refractivity contribution is 5.83. The first kappa shape index (κ1) is 14.6. The Morgan fingerprint density at radius 2 is 2.00 bits per heavy atom. The van der Waals surface area contributed by atoms with Gasteiger partial charge in [-0.15, -0.1) is 5.10 Å². The fraction of sp³-hybridized carbons (Fsp3) is 0.308. The van der Waals surface area contributed by atoms with Crippen LogP contribution in [0.5, 0.6) is 0 Å². The molecule has 0 aliphatic carbocycles. The first-order chi connectivity index (χ1) is 10.1. The lowest BCUT2D eigenvalue weighted by Crippen LogP contribution is -2.36. The molecule has 21 heavy (non-hydrogen) atoms. The number of hydrogen-bond donors (Lipinski definition) is 1. The number of rotatable bonds is 6. The summed E-state index contributed by atoms with van der Waals surface area (Å²) in [5, 5.41) is 19.6. The van der Waals surface area contributed by atoms with E-state index in [1.54, 1.807) is 31.2 Å². The van der Waals surface area contributed by atoms with E-state index in [1.165, 1.54) is 15.9 Å². The molecule has 1 heterocycles. The van der Waals surface area contributed by atoms with Crippen LogP contribution in [0.15, 0.2) is 30.6 Å². The third-order valence-corrected chi connectivity index (χ3v) is 2.97. The summed E-state index contributed by atoms with van der Waals surface area (Å²) in [6, 6.07) is 7.19. The summed E-state index contributed by atoms with van der Waals surface area (Å²) in [4.78, 5) is 24.0. The van der Waals surface area contributed by atoms with E-state index >= 15 is 0 Å². The van der Waals surface area contributed by atoms with Gasteiger partial charge in [0.15, 0.2) is 0 Å². The van der Waals surface area contributed by atoms with Crippen molar-refractivity contribution in [1.82, 2.24) is 25.1 Å². The van der Waals surface area contributed by atoms with E-state index in [0.29, 0.717) is 6.54 Å². The van der Waals surface area contributed by atoms with Gasteiger partial charge in [-0.05, 0) is 35.0 Å². The number of carbonyl (C=O) groups excluding carboxylic acids is 1. The van der Waals surface area contributed by atoms with Crippen LogP contribution in [0.1, 0.15) is 12.5 Å². The van der Waals surface area contributed by atoms with Crippen LogP contribution in [0.3, 0.4) is 0 Å². The van der Waals surface area contributed by atoms with Gasteiger partial charge in [0.2, 0.25) is 5.91 Å². The monoisotopic (exact) mass is 289 g/mol. The van der Waals surface area contributed by atoms with E-state index in [1.807, 2.05) is 0 Å². The highest BCUT2D eigenvalue weighted by Crippen LogP contribution is 2.09. The van der Waals surface area contributed by atoms with Crippen molar-refractivity contribution >= 4 is 11.9 Å². The fourth-order valence-electron chi connectivity index (χ4n) is 1.87. The first-order valence-electron chi connectivity index (χ1n) is 6.42. The number of carboxylic acid groups (broad SMARTS) is 1. The summed E-state index contributed by atoms with van der Waals surface area (Å²) in [6.07, 6.45) is 1.64. The summed E-state index contributed by atoms with van der Waals surface area (Å²) in [5.41, 5.74) is 1.59. The minimum Gasteiger partial charge on any atom is -0.480 e. The minimum absolute atomic E-state index is 0.164. The maximum Gasteiger partial charge on any atom is 0.323 e. The number of carbonyl (C=O) groups is 2. The van der Waals surface area contributed by atoms with E-state index in [0.717, 1.165) is 11.3 Å². The largest absolute Gasteiger partial charge is 0.480 e. The van der Waals surface area contributed by atoms with E-state index < -0.39 is 5.97 Å². The third kappa shape index (κ3) is 3.85. The first-order valence-corrected chi connectivity index (χ1v) is 6.42. The molecular weight excluding hydrogens is 274 g/mol. The SMILES string of the molecule is CCN(CC(=O)O)C(=O)Cc1ccc(-n2cnnn2)cc1. The average molecular weight is 289 g/mol. The van der Waals surface area contributed by atoms with Gasteiger partial charge in [-0.25, -0.2) is 4.68 Å². The summed E-state index contributed by atoms with van der Waals surface area (Å²) in [6.45, 7) is 1.84. The fourth-order valence-corrected chi connectivity index (χ4v) is 1.87. The lowest BCUT2D eigenvalue weighted by molar-refractivity contribution is -0.144. The second-order valence-electron chi connectivity index (χ2n) is 4.40. The van der Waals surface area contributed by atoms with E-state index in [-0.39, 0.29) is 18.9 Å². The predicted octanol–water partition coefficient (Wildman–Crippen LogP) is 0.138. The van der Waals surface area contributed by atoms with Gasteiger partial charge < -0.3 is 10.0 Å². The number of benzene rings is 1. The zero-order chi connectivity index (χ0) is 15.2. The van der Waals surface area contributed by atoms with Gasteiger partial charge in [-0.2, -0.15) is 0 Å². The number of amides is 1. The van der Waals surface area contributed by atoms with Gasteiger partial charge in [0.05, 0.1) is 12.1 Å². The molecule has 8 nitrogen and oxygen atoms in total. The Morgan fingerprint density at radius 3 is 2.52 bits per heavy atom. The number of hydrogen-bond acceptors (Lipinski definition) is 5. The quantitative estimate of drug-likeness (QED) is 0.811. The Hall–Kier alpha value is -2.77. The number of tetrazole rings is 1. The molecule has 8 heteroatoms. The molecule has 1 aromatic carbocycles. The molecule has 0 aliphatic rings. The third-order valence-electron chi connectivity index (χ3n) is 2.97. The van der Waals surface area contributed by atoms with E-state index in [2.05, 4.69) is 15.5 Å². The zero-order valence-electron chi connectivity index (χ0n) is 11.5. The van der Waals surface area contributed by atoms with Crippen LogP contribution >= 0.6 is 0 Å². The molecule has 0 aliphatic heterocycles. The maximum absolute atomic E-state index is 12.0. The van der Waals surface area contributed by atoms with Crippen LogP contribution in [0, 0.1) is 0 Å². The second-order valence-corrected chi connectivity index (χ2v) is 4.40. The van der Waals surface area contributed by atoms with Crippen LogP contribution in [-0.4, -0.2) is 55.2 Å². The Morgan fingerprint density at radius 1 is 1.29 bits per heavy atom. The standard InChI is InChI=1S/C13H15N5O3/c1-2-17(8-13(20)21)12(19)7-10-3-5-11(6-4-10)18-9-14-15-16-18/h3-6,9H,2,7-8H2,1H3,(H,20,21). The molecule has 0 radical (unpaired) electrons. The predicted molar refractivity (Wildman–Crippen MR) is 72.7 cm³/mol. The summed E-state index contributed by atoms with van der Waals surface area (Å²) >= 11 is 0. The van der Waals surface area contributed by atoms with Crippen molar-refractivity contribution in [1.29, 1.82) is 0 Å². The average Bonchev–Trinajstić information content (AvgIpc) is 2.99. The summed E-state index contributed by atoms with van der Waals surface area (Å²) in [7, 11) is 0. The van der Waals surface area contributed by atoms with Crippen LogP contribution in [0.4, 0.5) is 0 Å². The smallest absolute Gasteiger partial charge is 0.323 e. The lowest BCUT2D eigenvalue weighted by Gasteiger charge is -2.18. The molecule has 2 aromatic rings. The Balaban J connectivity index is 2.02. The molecule has 0 fully saturated rings. The van der Waals surface area contributed by atoms with E-state index in [9.17, 15) is 9.59 Å². The molecule has 1 aromatic heterocycles. The highest BCUT2D eigenvalue weighted by Gasteiger charge is 2.15. The van der Waals surface area contributed by atoms with Gasteiger partial charge in [-0.1, -0.05) is 12.1 Å². The van der Waals surface area contributed by atoms with Gasteiger partial charge in [0.25, 0.3) is 0 Å². The molecule has 0 atom stereocenters. The van der Waals surface area contributed by atoms with Gasteiger partial charge in [0.1, 0.15) is 12.9 Å². The van der Waals surface area contributed by atoms with Crippen molar-refractivity contribution in [3.8, 4) is 5.69 Å². The zero-order valence-corrected chi connectivity index (χ0v) is 11.5. The summed E-state index contributed by atoms with van der Waals surface area (Å²) in [5.74, 6) is -1.23. The lowest BCUT2D eigenvalue weighted by atomic mass is 10.1. The molecule has 0 bridgehead atoms. The Bertz CT molecular complexity index is 609. The molecule has 1 N–H and O–H groups in total. The molecule has 0 spiro atoms. The number of carboxylic acids is 1. The molecule has 0 unspecified atom stereocenters. The van der Waals surface area contributed by atoms with Gasteiger partial charge in [0, 0.05) is 6.54 Å². The number of aliphatic carboxylic acids is 1. The Kier molecular flexibility index (Phi) is 4.60. The molecular formula is C13H15N5O3. The maximum atomic E-state index is 12.0. The molecule has 110 valence electrons. The van der Waals surface area contributed by atoms with Crippen molar-refractivity contribution in [2.45, 2.75) is 13.3 Å². The second kappa shape index (κ2) is 6.60. The number of aromatic nitrogens is 4. The molecule has 1 amide bonds. The van der Waals surface area contributed by atoms with Gasteiger partial charge in [-0.3, -0.25) is 9.59 Å². The van der Waals surface area contributed by atoms with E-state index in [4.69, 9.17) is 5.11 Å². The Labute approximate surface area is 121 Å². The number of nitrogens with zero attached hydrogens (tertiary/aromatic N) is 5. The van der Waals surface area contributed by atoms with Crippen LogP contribution < -0.4 is 0 Å². The van der Waals surface area contributed by atoms with Crippen molar-refractivity contribution in [3.63, 3.8) is 0 Å². The minimum atomic E-state index is -1.01. The molecule has 0 saturated carbocycles. The number of likely N-dealkylation sites (N-methyl/N-ethyl adjacent to an activating group) is 1. The van der Waals surface area contributed by atoms with Crippen molar-refractivity contribution in [2.75, 3.05) is 13.1 Å². The molecule has 2 rings (SSSR count). The normalized spacial score (nSPS) is 10.3. The molecule has 0 saturated heterocycles. The highest BCUT2D eigenvalue weighted by atomic mass is 16.4. The van der Waals surface area contributed by atoms with Crippen LogP contribution in [-0.2, 0) is 16.0 Å². The van der Waals surface area contributed by atoms with Crippen LogP contribution in [0.2, 0.25) is 0 Å². The summed E-state index contributed by atoms with van der Waals surface area (Å²) < 4.78 is 1.51. The van der Waals surface area contributed by atoms with Crippen molar-refractivity contribution in [3.05, 3.63) is 36.2 Å². The van der Waals surface area contributed by atoms with Gasteiger partial charge >= 0.3 is 5.97 Å². The van der Waals surface area contributed by atoms with Crippen LogP contribution in [0.25, 0.3) is 5.69 Å². The topological polar surface area (TPSA) is 101 Å². The van der Waals surface area contributed by atoms with Crippen molar-refractivity contribution < 1.29 is 14.7 Å².